The maximum atomic E-state index is 13.5. The summed E-state index contributed by atoms with van der Waals surface area (Å²) in [5, 5.41) is 9.06. The fourth-order valence-corrected chi connectivity index (χ4v) is 1.63. The van der Waals surface area contributed by atoms with Gasteiger partial charge in [0, 0.05) is 11.8 Å². The molecular formula is C15H8F4N2. The summed E-state index contributed by atoms with van der Waals surface area (Å²) >= 11 is 0. The first-order valence-corrected chi connectivity index (χ1v) is 5.82. The summed E-state index contributed by atoms with van der Waals surface area (Å²) < 4.78 is 50.8. The molecule has 2 aromatic rings. The molecule has 106 valence electrons. The smallest absolute Gasteiger partial charge is 0.255 e. The van der Waals surface area contributed by atoms with E-state index in [9.17, 15) is 17.6 Å². The summed E-state index contributed by atoms with van der Waals surface area (Å²) in [6, 6.07) is 9.47. The lowest BCUT2D eigenvalue weighted by atomic mass is 10.1. The number of hydrogen-bond donors (Lipinski definition) is 0. The average Bonchev–Trinajstić information content (AvgIpc) is 2.46. The number of hydrogen-bond acceptors (Lipinski definition) is 2. The maximum Gasteiger partial charge on any atom is 0.417 e. The summed E-state index contributed by atoms with van der Waals surface area (Å²) in [4.78, 5) is 3.61. The Balaban J connectivity index is 2.39. The van der Waals surface area contributed by atoms with Crippen molar-refractivity contribution in [1.82, 2.24) is 4.98 Å². The first-order valence-electron chi connectivity index (χ1n) is 5.82. The Labute approximate surface area is 118 Å². The molecule has 0 spiro atoms. The zero-order chi connectivity index (χ0) is 15.5. The van der Waals surface area contributed by atoms with E-state index >= 15 is 0 Å². The van der Waals surface area contributed by atoms with Gasteiger partial charge in [0.15, 0.2) is 0 Å². The number of pyridine rings is 1. The van der Waals surface area contributed by atoms with Crippen molar-refractivity contribution in [3.63, 3.8) is 0 Å². The van der Waals surface area contributed by atoms with Crippen molar-refractivity contribution in [2.75, 3.05) is 0 Å². The van der Waals surface area contributed by atoms with Crippen LogP contribution in [-0.4, -0.2) is 4.98 Å². The molecule has 0 aliphatic rings. The molecule has 2 rings (SSSR count). The van der Waals surface area contributed by atoms with Gasteiger partial charge in [-0.2, -0.15) is 18.4 Å². The molecule has 0 bridgehead atoms. The molecule has 0 atom stereocenters. The third kappa shape index (κ3) is 3.45. The van der Waals surface area contributed by atoms with Crippen LogP contribution in [0.4, 0.5) is 17.6 Å². The van der Waals surface area contributed by atoms with E-state index in [0.29, 0.717) is 6.20 Å². The third-order valence-corrected chi connectivity index (χ3v) is 2.69. The van der Waals surface area contributed by atoms with Gasteiger partial charge in [-0.15, -0.1) is 0 Å². The van der Waals surface area contributed by atoms with Gasteiger partial charge in [0.25, 0.3) is 0 Å². The fraction of sp³-hybridized carbons (Fsp3) is 0.0667. The molecule has 0 saturated carbocycles. The number of aromatic nitrogens is 1. The molecule has 0 unspecified atom stereocenters. The monoisotopic (exact) mass is 292 g/mol. The zero-order valence-electron chi connectivity index (χ0n) is 10.5. The molecule has 0 amide bonds. The SMILES string of the molecule is N#C/C(=C\c1ccccc1F)c1ccc(C(F)(F)F)cn1. The van der Waals surface area contributed by atoms with E-state index in [4.69, 9.17) is 5.26 Å². The highest BCUT2D eigenvalue weighted by atomic mass is 19.4. The van der Waals surface area contributed by atoms with Crippen LogP contribution in [0.1, 0.15) is 16.8 Å². The van der Waals surface area contributed by atoms with Crippen molar-refractivity contribution in [3.05, 3.63) is 65.2 Å². The number of nitrogens with zero attached hydrogens (tertiary/aromatic N) is 2. The number of halogens is 4. The van der Waals surface area contributed by atoms with Gasteiger partial charge in [-0.25, -0.2) is 4.39 Å². The molecule has 2 nitrogen and oxygen atoms in total. The Morgan fingerprint density at radius 2 is 1.86 bits per heavy atom. The van der Waals surface area contributed by atoms with Gasteiger partial charge in [0.05, 0.1) is 16.8 Å². The van der Waals surface area contributed by atoms with Crippen LogP contribution in [0.5, 0.6) is 0 Å². The van der Waals surface area contributed by atoms with Gasteiger partial charge < -0.3 is 0 Å². The molecule has 21 heavy (non-hydrogen) atoms. The molecule has 0 N–H and O–H groups in total. The summed E-state index contributed by atoms with van der Waals surface area (Å²) in [6.07, 6.45) is -2.61. The maximum absolute atomic E-state index is 13.5. The largest absolute Gasteiger partial charge is 0.417 e. The highest BCUT2D eigenvalue weighted by Gasteiger charge is 2.30. The minimum absolute atomic E-state index is 0.0196. The first kappa shape index (κ1) is 14.7. The van der Waals surface area contributed by atoms with Crippen molar-refractivity contribution in [1.29, 1.82) is 5.26 Å². The Bertz CT molecular complexity index is 710. The summed E-state index contributed by atoms with van der Waals surface area (Å²) in [5.74, 6) is -0.530. The Hall–Kier alpha value is -2.68. The van der Waals surface area contributed by atoms with Gasteiger partial charge in [0.1, 0.15) is 11.9 Å². The molecule has 1 aromatic carbocycles. The van der Waals surface area contributed by atoms with Gasteiger partial charge >= 0.3 is 6.18 Å². The predicted octanol–water partition coefficient (Wildman–Crippen LogP) is 4.30. The van der Waals surface area contributed by atoms with E-state index in [0.717, 1.165) is 12.1 Å². The standard InChI is InChI=1S/C15H8F4N2/c16-13-4-2-1-3-10(13)7-11(8-20)14-6-5-12(9-21-14)15(17,18)19/h1-7,9H/b11-7+. The molecule has 0 saturated heterocycles. The summed E-state index contributed by atoms with van der Waals surface area (Å²) in [5.41, 5.74) is -0.715. The fourth-order valence-electron chi connectivity index (χ4n) is 1.63. The van der Waals surface area contributed by atoms with Crippen molar-refractivity contribution in [2.24, 2.45) is 0 Å². The van der Waals surface area contributed by atoms with Crippen LogP contribution >= 0.6 is 0 Å². The molecule has 0 aliphatic carbocycles. The molecule has 0 aliphatic heterocycles. The number of allylic oxidation sites excluding steroid dienone is 1. The van der Waals surface area contributed by atoms with Crippen molar-refractivity contribution < 1.29 is 17.6 Å². The Morgan fingerprint density at radius 1 is 1.14 bits per heavy atom. The van der Waals surface area contributed by atoms with Crippen molar-refractivity contribution >= 4 is 11.6 Å². The predicted molar refractivity (Wildman–Crippen MR) is 69.1 cm³/mol. The summed E-state index contributed by atoms with van der Waals surface area (Å²) in [6.45, 7) is 0. The topological polar surface area (TPSA) is 36.7 Å². The van der Waals surface area contributed by atoms with Crippen molar-refractivity contribution in [3.8, 4) is 6.07 Å². The van der Waals surface area contributed by atoms with E-state index in [1.165, 1.54) is 24.3 Å². The highest BCUT2D eigenvalue weighted by molar-refractivity contribution is 5.88. The normalized spacial score (nSPS) is 12.0. The second-order valence-electron chi connectivity index (χ2n) is 4.12. The van der Waals surface area contributed by atoms with E-state index in [1.54, 1.807) is 12.1 Å². The Kier molecular flexibility index (Phi) is 4.03. The number of rotatable bonds is 2. The van der Waals surface area contributed by atoms with E-state index in [2.05, 4.69) is 4.98 Å². The van der Waals surface area contributed by atoms with Crippen LogP contribution < -0.4 is 0 Å². The molecular weight excluding hydrogens is 284 g/mol. The minimum Gasteiger partial charge on any atom is -0.255 e. The van der Waals surface area contributed by atoms with Crippen LogP contribution in [0, 0.1) is 17.1 Å². The average molecular weight is 292 g/mol. The van der Waals surface area contributed by atoms with E-state index < -0.39 is 17.6 Å². The van der Waals surface area contributed by atoms with Crippen LogP contribution in [0.15, 0.2) is 42.6 Å². The summed E-state index contributed by atoms with van der Waals surface area (Å²) in [7, 11) is 0. The third-order valence-electron chi connectivity index (χ3n) is 2.69. The molecule has 1 heterocycles. The van der Waals surface area contributed by atoms with Crippen LogP contribution in [0.2, 0.25) is 0 Å². The van der Waals surface area contributed by atoms with E-state index in [1.807, 2.05) is 0 Å². The quantitative estimate of drug-likeness (QED) is 0.611. The van der Waals surface area contributed by atoms with Gasteiger partial charge in [0.2, 0.25) is 0 Å². The number of nitriles is 1. The second kappa shape index (κ2) is 5.75. The molecule has 1 aromatic heterocycles. The zero-order valence-corrected chi connectivity index (χ0v) is 10.5. The van der Waals surface area contributed by atoms with Crippen LogP contribution in [0.3, 0.4) is 0 Å². The molecule has 0 fully saturated rings. The van der Waals surface area contributed by atoms with Gasteiger partial charge in [-0.1, -0.05) is 18.2 Å². The van der Waals surface area contributed by atoms with Crippen LogP contribution in [0.25, 0.3) is 11.6 Å². The molecule has 0 radical (unpaired) electrons. The van der Waals surface area contributed by atoms with Gasteiger partial charge in [-0.3, -0.25) is 4.98 Å². The van der Waals surface area contributed by atoms with Gasteiger partial charge in [-0.05, 0) is 24.3 Å². The first-order chi connectivity index (χ1) is 9.91. The second-order valence-corrected chi connectivity index (χ2v) is 4.12. The number of alkyl halides is 3. The lowest BCUT2D eigenvalue weighted by Gasteiger charge is -2.06. The lowest BCUT2D eigenvalue weighted by Crippen LogP contribution is -2.05. The van der Waals surface area contributed by atoms with E-state index in [-0.39, 0.29) is 16.8 Å². The Morgan fingerprint density at radius 3 is 2.38 bits per heavy atom. The van der Waals surface area contributed by atoms with Crippen molar-refractivity contribution in [2.45, 2.75) is 6.18 Å². The molecule has 6 heteroatoms. The highest BCUT2D eigenvalue weighted by Crippen LogP contribution is 2.29. The van der Waals surface area contributed by atoms with Crippen LogP contribution in [-0.2, 0) is 6.18 Å². The number of benzene rings is 1. The lowest BCUT2D eigenvalue weighted by molar-refractivity contribution is -0.137. The minimum atomic E-state index is -4.49.